The Labute approximate surface area is 176 Å². The number of urea groups is 1. The Morgan fingerprint density at radius 2 is 1.70 bits per heavy atom. The van der Waals surface area contributed by atoms with E-state index in [9.17, 15) is 9.59 Å². The first-order valence-electron chi connectivity index (χ1n) is 9.98. The molecule has 0 aromatic heterocycles. The van der Waals surface area contributed by atoms with Crippen LogP contribution in [0.5, 0.6) is 5.75 Å². The number of benzene rings is 3. The Morgan fingerprint density at radius 1 is 1.00 bits per heavy atom. The highest BCUT2D eigenvalue weighted by molar-refractivity contribution is 6.07. The lowest BCUT2D eigenvalue weighted by molar-refractivity contribution is -0.901. The predicted octanol–water partition coefficient (Wildman–Crippen LogP) is 2.29. The van der Waals surface area contributed by atoms with Gasteiger partial charge in [-0.1, -0.05) is 48.5 Å². The highest BCUT2D eigenvalue weighted by atomic mass is 16.5. The lowest BCUT2D eigenvalue weighted by Crippen LogP contribution is -3.09. The van der Waals surface area contributed by atoms with Crippen LogP contribution in [0.15, 0.2) is 66.7 Å². The van der Waals surface area contributed by atoms with Crippen molar-refractivity contribution in [1.82, 2.24) is 10.2 Å². The molecule has 0 saturated carbocycles. The van der Waals surface area contributed by atoms with Gasteiger partial charge in [-0.3, -0.25) is 4.79 Å². The highest BCUT2D eigenvalue weighted by Gasteiger charge is 2.50. The maximum absolute atomic E-state index is 13.3. The molecule has 3 aromatic rings. The molecule has 1 heterocycles. The van der Waals surface area contributed by atoms with Crippen LogP contribution < -0.4 is 15.0 Å². The molecule has 4 rings (SSSR count). The van der Waals surface area contributed by atoms with Crippen LogP contribution in [0.2, 0.25) is 0 Å². The molecule has 0 aliphatic carbocycles. The molecule has 3 aromatic carbocycles. The van der Waals surface area contributed by atoms with E-state index in [-0.39, 0.29) is 11.9 Å². The fourth-order valence-corrected chi connectivity index (χ4v) is 3.97. The summed E-state index contributed by atoms with van der Waals surface area (Å²) in [5.41, 5.74) is 0.842. The van der Waals surface area contributed by atoms with Gasteiger partial charge in [0.2, 0.25) is 0 Å². The number of nitrogens with one attached hydrogen (secondary N) is 2. The summed E-state index contributed by atoms with van der Waals surface area (Å²) in [6.45, 7) is 2.80. The molecular weight excluding hydrogens is 378 g/mol. The zero-order valence-corrected chi connectivity index (χ0v) is 17.4. The zero-order chi connectivity index (χ0) is 21.3. The Balaban J connectivity index is 1.55. The molecule has 0 bridgehead atoms. The molecule has 154 valence electrons. The van der Waals surface area contributed by atoms with Gasteiger partial charge in [-0.05, 0) is 41.5 Å². The van der Waals surface area contributed by atoms with Crippen molar-refractivity contribution in [3.63, 3.8) is 0 Å². The summed E-state index contributed by atoms with van der Waals surface area (Å²) in [4.78, 5) is 28.3. The van der Waals surface area contributed by atoms with Crippen LogP contribution in [-0.2, 0) is 16.9 Å². The van der Waals surface area contributed by atoms with Crippen molar-refractivity contribution in [3.8, 4) is 5.75 Å². The van der Waals surface area contributed by atoms with Crippen molar-refractivity contribution in [2.24, 2.45) is 0 Å². The SMILES string of the molecule is COc1ccc2cc([C@@]3(C)NC(=O)N(C[NH+](C)Cc4ccccc4)C3=O)ccc2c1. The summed E-state index contributed by atoms with van der Waals surface area (Å²) in [6.07, 6.45) is 0. The second kappa shape index (κ2) is 7.80. The molecule has 1 unspecified atom stereocenters. The first-order valence-corrected chi connectivity index (χ1v) is 9.98. The zero-order valence-electron chi connectivity index (χ0n) is 17.4. The molecule has 6 heteroatoms. The number of amides is 3. The molecule has 2 atom stereocenters. The van der Waals surface area contributed by atoms with Gasteiger partial charge < -0.3 is 15.0 Å². The number of carbonyl (C=O) groups excluding carboxylic acids is 2. The Kier molecular flexibility index (Phi) is 5.18. The van der Waals surface area contributed by atoms with E-state index in [4.69, 9.17) is 4.74 Å². The van der Waals surface area contributed by atoms with Gasteiger partial charge in [0.05, 0.1) is 14.2 Å². The Bertz CT molecular complexity index is 1100. The molecule has 0 spiro atoms. The van der Waals surface area contributed by atoms with Crippen molar-refractivity contribution in [2.75, 3.05) is 20.8 Å². The monoisotopic (exact) mass is 404 g/mol. The number of fused-ring (bicyclic) bond motifs is 1. The van der Waals surface area contributed by atoms with Gasteiger partial charge in [-0.15, -0.1) is 0 Å². The summed E-state index contributed by atoms with van der Waals surface area (Å²) in [5.74, 6) is 0.551. The van der Waals surface area contributed by atoms with Crippen molar-refractivity contribution in [1.29, 1.82) is 0 Å². The lowest BCUT2D eigenvalue weighted by atomic mass is 9.90. The quantitative estimate of drug-likeness (QED) is 0.620. The van der Waals surface area contributed by atoms with Crippen molar-refractivity contribution in [2.45, 2.75) is 19.0 Å². The average Bonchev–Trinajstić information content (AvgIpc) is 2.97. The van der Waals surface area contributed by atoms with E-state index in [0.29, 0.717) is 6.67 Å². The average molecular weight is 404 g/mol. The fraction of sp³-hybridized carbons (Fsp3) is 0.250. The topological polar surface area (TPSA) is 63.1 Å². The molecule has 1 saturated heterocycles. The van der Waals surface area contributed by atoms with Gasteiger partial charge in [-0.2, -0.15) is 0 Å². The summed E-state index contributed by atoms with van der Waals surface area (Å²) < 4.78 is 5.28. The van der Waals surface area contributed by atoms with E-state index in [1.54, 1.807) is 14.0 Å². The molecule has 1 aliphatic heterocycles. The van der Waals surface area contributed by atoms with E-state index in [2.05, 4.69) is 5.32 Å². The van der Waals surface area contributed by atoms with Gasteiger partial charge in [0.15, 0.2) is 6.67 Å². The van der Waals surface area contributed by atoms with Crippen LogP contribution in [0.3, 0.4) is 0 Å². The normalized spacial score (nSPS) is 19.8. The minimum absolute atomic E-state index is 0.229. The summed E-state index contributed by atoms with van der Waals surface area (Å²) in [7, 11) is 3.61. The third-order valence-corrected chi connectivity index (χ3v) is 5.68. The van der Waals surface area contributed by atoms with E-state index in [1.807, 2.05) is 73.8 Å². The Morgan fingerprint density at radius 3 is 2.43 bits per heavy atom. The van der Waals surface area contributed by atoms with Gasteiger partial charge in [0.1, 0.15) is 17.8 Å². The number of imide groups is 1. The number of quaternary nitrogens is 1. The van der Waals surface area contributed by atoms with Crippen molar-refractivity contribution in [3.05, 3.63) is 77.9 Å². The number of hydrogen-bond donors (Lipinski definition) is 2. The molecule has 1 aliphatic rings. The lowest BCUT2D eigenvalue weighted by Gasteiger charge is -2.24. The molecule has 2 N–H and O–H groups in total. The molecule has 1 fully saturated rings. The van der Waals surface area contributed by atoms with Crippen molar-refractivity contribution >= 4 is 22.7 Å². The van der Waals surface area contributed by atoms with Crippen LogP contribution in [0.4, 0.5) is 4.79 Å². The van der Waals surface area contributed by atoms with Crippen LogP contribution in [0, 0.1) is 0 Å². The third-order valence-electron chi connectivity index (χ3n) is 5.68. The molecule has 3 amide bonds. The van der Waals surface area contributed by atoms with Gasteiger partial charge >= 0.3 is 6.03 Å². The molecule has 0 radical (unpaired) electrons. The van der Waals surface area contributed by atoms with E-state index >= 15 is 0 Å². The van der Waals surface area contributed by atoms with Crippen LogP contribution in [0.1, 0.15) is 18.1 Å². The summed E-state index contributed by atoms with van der Waals surface area (Å²) in [5, 5.41) is 4.91. The summed E-state index contributed by atoms with van der Waals surface area (Å²) in [6, 6.07) is 21.3. The third kappa shape index (κ3) is 3.62. The maximum atomic E-state index is 13.3. The smallest absolute Gasteiger partial charge is 0.329 e. The van der Waals surface area contributed by atoms with Crippen LogP contribution in [-0.4, -0.2) is 37.7 Å². The van der Waals surface area contributed by atoms with Crippen LogP contribution >= 0.6 is 0 Å². The second-order valence-corrected chi connectivity index (χ2v) is 7.99. The predicted molar refractivity (Wildman–Crippen MR) is 115 cm³/mol. The molecule has 30 heavy (non-hydrogen) atoms. The highest BCUT2D eigenvalue weighted by Crippen LogP contribution is 2.31. The first kappa shape index (κ1) is 19.9. The van der Waals surface area contributed by atoms with Gasteiger partial charge in [-0.25, -0.2) is 9.69 Å². The number of methoxy groups -OCH3 is 1. The van der Waals surface area contributed by atoms with Crippen LogP contribution in [0.25, 0.3) is 10.8 Å². The minimum atomic E-state index is -1.09. The van der Waals surface area contributed by atoms with E-state index < -0.39 is 5.54 Å². The number of nitrogens with zero attached hydrogens (tertiary/aromatic N) is 1. The molecular formula is C24H26N3O3+. The number of hydrogen-bond acceptors (Lipinski definition) is 3. The summed E-state index contributed by atoms with van der Waals surface area (Å²) >= 11 is 0. The first-order chi connectivity index (χ1) is 14.4. The van der Waals surface area contributed by atoms with E-state index in [0.717, 1.165) is 39.1 Å². The molecule has 6 nitrogen and oxygen atoms in total. The van der Waals surface area contributed by atoms with E-state index in [1.165, 1.54) is 4.90 Å². The number of ether oxygens (including phenoxy) is 1. The number of carbonyl (C=O) groups is 2. The fourth-order valence-electron chi connectivity index (χ4n) is 3.97. The minimum Gasteiger partial charge on any atom is -0.497 e. The number of rotatable bonds is 6. The van der Waals surface area contributed by atoms with Crippen molar-refractivity contribution < 1.29 is 19.2 Å². The maximum Gasteiger partial charge on any atom is 0.329 e. The standard InChI is InChI=1S/C24H25N3O3/c1-24(20-11-9-19-14-21(30-3)12-10-18(19)13-20)22(28)27(23(29)25-24)16-26(2)15-17-7-5-4-6-8-17/h4-14H,15-16H2,1-3H3,(H,25,29)/p+1/t24-/m1/s1. The largest absolute Gasteiger partial charge is 0.497 e. The second-order valence-electron chi connectivity index (χ2n) is 7.99. The Hall–Kier alpha value is -3.38. The van der Waals surface area contributed by atoms with Gasteiger partial charge in [0.25, 0.3) is 5.91 Å². The van der Waals surface area contributed by atoms with Gasteiger partial charge in [0, 0.05) is 5.56 Å².